The van der Waals surface area contributed by atoms with E-state index in [-0.39, 0.29) is 11.1 Å². The molecule has 0 bridgehead atoms. The van der Waals surface area contributed by atoms with Crippen LogP contribution in [0.25, 0.3) is 0 Å². The van der Waals surface area contributed by atoms with Crippen molar-refractivity contribution in [2.45, 2.75) is 24.4 Å². The van der Waals surface area contributed by atoms with E-state index in [0.29, 0.717) is 0 Å². The maximum Gasteiger partial charge on any atom is 0.0699 e. The average molecular weight is 412 g/mol. The number of hydrogen-bond donors (Lipinski definition) is 1. The SMILES string of the molecule is CCC(c1ccccc1)C(c1ccccc1)(c1ccccc1)P(N)Br. The first-order valence-electron chi connectivity index (χ1n) is 8.58. The van der Waals surface area contributed by atoms with E-state index in [1.807, 2.05) is 0 Å². The fraction of sp³-hybridized carbons (Fsp3) is 0.182. The number of hydrogen-bond acceptors (Lipinski definition) is 1. The first kappa shape index (κ1) is 18.3. The molecule has 0 heterocycles. The van der Waals surface area contributed by atoms with Crippen molar-refractivity contribution in [2.75, 3.05) is 0 Å². The van der Waals surface area contributed by atoms with Crippen LogP contribution in [0.5, 0.6) is 0 Å². The Balaban J connectivity index is 2.31. The Kier molecular flexibility index (Phi) is 6.06. The van der Waals surface area contributed by atoms with Gasteiger partial charge in [0.15, 0.2) is 0 Å². The highest BCUT2D eigenvalue weighted by molar-refractivity contribution is 9.39. The Morgan fingerprint density at radius 3 is 1.56 bits per heavy atom. The summed E-state index contributed by atoms with van der Waals surface area (Å²) in [4.78, 5) is 0. The number of rotatable bonds is 6. The summed E-state index contributed by atoms with van der Waals surface area (Å²) >= 11 is 3.85. The molecule has 2 atom stereocenters. The lowest BCUT2D eigenvalue weighted by Gasteiger charge is -2.44. The van der Waals surface area contributed by atoms with E-state index >= 15 is 0 Å². The summed E-state index contributed by atoms with van der Waals surface area (Å²) in [5, 5.41) is -0.284. The van der Waals surface area contributed by atoms with Gasteiger partial charge in [-0.3, -0.25) is 5.50 Å². The van der Waals surface area contributed by atoms with Crippen molar-refractivity contribution < 1.29 is 0 Å². The van der Waals surface area contributed by atoms with Gasteiger partial charge >= 0.3 is 0 Å². The summed E-state index contributed by atoms with van der Waals surface area (Å²) in [7, 11) is 0. The van der Waals surface area contributed by atoms with Crippen LogP contribution in [0.1, 0.15) is 36.0 Å². The largest absolute Gasteiger partial charge is 0.300 e. The zero-order chi connectivity index (χ0) is 17.7. The lowest BCUT2D eigenvalue weighted by atomic mass is 9.75. The van der Waals surface area contributed by atoms with Gasteiger partial charge in [-0.25, -0.2) is 0 Å². The van der Waals surface area contributed by atoms with Crippen LogP contribution in [0.4, 0.5) is 0 Å². The molecule has 0 aliphatic carbocycles. The van der Waals surface area contributed by atoms with Gasteiger partial charge in [-0.05, 0) is 38.6 Å². The summed E-state index contributed by atoms with van der Waals surface area (Å²) in [6.45, 7) is 1.30. The van der Waals surface area contributed by atoms with E-state index in [1.165, 1.54) is 16.7 Å². The Bertz CT molecular complexity index is 735. The third-order valence-corrected chi connectivity index (χ3v) is 8.06. The van der Waals surface area contributed by atoms with Crippen LogP contribution in [-0.4, -0.2) is 0 Å². The van der Waals surface area contributed by atoms with Crippen LogP contribution in [0.15, 0.2) is 91.0 Å². The van der Waals surface area contributed by atoms with Gasteiger partial charge in [-0.2, -0.15) is 0 Å². The van der Waals surface area contributed by atoms with Crippen LogP contribution >= 0.6 is 22.3 Å². The number of nitrogens with two attached hydrogens (primary N) is 1. The second kappa shape index (κ2) is 8.27. The summed E-state index contributed by atoms with van der Waals surface area (Å²) in [5.74, 6) is 0.286. The van der Waals surface area contributed by atoms with Crippen LogP contribution in [0.3, 0.4) is 0 Å². The minimum Gasteiger partial charge on any atom is -0.300 e. The molecular formula is C22H23BrNP. The highest BCUT2D eigenvalue weighted by atomic mass is 79.9. The van der Waals surface area contributed by atoms with E-state index in [4.69, 9.17) is 5.50 Å². The molecule has 0 saturated heterocycles. The molecule has 0 spiro atoms. The molecule has 0 aliphatic rings. The molecule has 128 valence electrons. The monoisotopic (exact) mass is 411 g/mol. The predicted octanol–water partition coefficient (Wildman–Crippen LogP) is 6.79. The normalized spacial score (nSPS) is 14.0. The van der Waals surface area contributed by atoms with Gasteiger partial charge in [-0.1, -0.05) is 97.9 Å². The lowest BCUT2D eigenvalue weighted by molar-refractivity contribution is 0.536. The smallest absolute Gasteiger partial charge is 0.0699 e. The minimum atomic E-state index is -0.957. The molecular weight excluding hydrogens is 389 g/mol. The molecule has 3 heteroatoms. The molecule has 2 N–H and O–H groups in total. The van der Waals surface area contributed by atoms with Gasteiger partial charge in [0, 0.05) is 12.7 Å². The molecule has 25 heavy (non-hydrogen) atoms. The van der Waals surface area contributed by atoms with Gasteiger partial charge in [0.2, 0.25) is 0 Å². The van der Waals surface area contributed by atoms with Crippen molar-refractivity contribution in [2.24, 2.45) is 5.50 Å². The standard InChI is InChI=1S/C22H23BrNP/c1-2-21(18-12-6-3-7-13-18)22(25(23)24,19-14-8-4-9-15-19)20-16-10-5-11-17-20/h3-17,21H,2,24H2,1H3. The van der Waals surface area contributed by atoms with Gasteiger partial charge in [0.25, 0.3) is 0 Å². The first-order valence-corrected chi connectivity index (χ1v) is 12.0. The van der Waals surface area contributed by atoms with Crippen LogP contribution in [0, 0.1) is 0 Å². The molecule has 0 fully saturated rings. The predicted molar refractivity (Wildman–Crippen MR) is 113 cm³/mol. The van der Waals surface area contributed by atoms with Gasteiger partial charge < -0.3 is 0 Å². The number of benzene rings is 3. The van der Waals surface area contributed by atoms with Crippen molar-refractivity contribution in [3.63, 3.8) is 0 Å². The Hall–Kier alpha value is -1.47. The van der Waals surface area contributed by atoms with E-state index in [2.05, 4.69) is 113 Å². The Morgan fingerprint density at radius 1 is 0.800 bits per heavy atom. The fourth-order valence-corrected chi connectivity index (χ4v) is 7.20. The van der Waals surface area contributed by atoms with Crippen molar-refractivity contribution >= 4 is 22.3 Å². The topological polar surface area (TPSA) is 26.0 Å². The molecule has 1 nitrogen and oxygen atoms in total. The van der Waals surface area contributed by atoms with Crippen molar-refractivity contribution in [3.8, 4) is 0 Å². The second-order valence-electron chi connectivity index (χ2n) is 6.18. The molecule has 0 aromatic heterocycles. The van der Waals surface area contributed by atoms with Crippen LogP contribution in [0.2, 0.25) is 0 Å². The maximum absolute atomic E-state index is 6.73. The molecule has 3 aromatic carbocycles. The van der Waals surface area contributed by atoms with E-state index in [9.17, 15) is 0 Å². The number of halogens is 1. The molecule has 2 unspecified atom stereocenters. The maximum atomic E-state index is 6.73. The molecule has 0 saturated carbocycles. The van der Waals surface area contributed by atoms with E-state index in [1.54, 1.807) is 0 Å². The molecule has 0 radical (unpaired) electrons. The lowest BCUT2D eigenvalue weighted by Crippen LogP contribution is -2.34. The molecule has 3 aromatic rings. The molecule has 3 rings (SSSR count). The van der Waals surface area contributed by atoms with E-state index in [0.717, 1.165) is 6.42 Å². The molecule has 0 aliphatic heterocycles. The quantitative estimate of drug-likeness (QED) is 0.443. The van der Waals surface area contributed by atoms with Gasteiger partial charge in [0.05, 0.1) is 5.16 Å². The summed E-state index contributed by atoms with van der Waals surface area (Å²) in [5.41, 5.74) is 10.6. The molecule has 0 amide bonds. The first-order chi connectivity index (χ1) is 12.2. The fourth-order valence-electron chi connectivity index (χ4n) is 3.81. The minimum absolute atomic E-state index is 0.284. The summed E-state index contributed by atoms with van der Waals surface area (Å²) in [6, 6.07) is 32.2. The highest BCUT2D eigenvalue weighted by Crippen LogP contribution is 2.66. The summed E-state index contributed by atoms with van der Waals surface area (Å²) in [6.07, 6.45) is 1.01. The Labute approximate surface area is 159 Å². The van der Waals surface area contributed by atoms with Crippen molar-refractivity contribution in [1.29, 1.82) is 0 Å². The third kappa shape index (κ3) is 3.44. The van der Waals surface area contributed by atoms with Crippen LogP contribution < -0.4 is 5.50 Å². The highest BCUT2D eigenvalue weighted by Gasteiger charge is 2.46. The Morgan fingerprint density at radius 2 is 1.20 bits per heavy atom. The average Bonchev–Trinajstić information content (AvgIpc) is 2.68. The van der Waals surface area contributed by atoms with Gasteiger partial charge in [-0.15, -0.1) is 0 Å². The van der Waals surface area contributed by atoms with Crippen molar-refractivity contribution in [1.82, 2.24) is 0 Å². The van der Waals surface area contributed by atoms with E-state index < -0.39 is 6.77 Å². The van der Waals surface area contributed by atoms with Gasteiger partial charge in [0.1, 0.15) is 0 Å². The third-order valence-electron chi connectivity index (χ3n) is 4.88. The summed E-state index contributed by atoms with van der Waals surface area (Å²) < 4.78 is 0. The zero-order valence-electron chi connectivity index (χ0n) is 14.3. The zero-order valence-corrected chi connectivity index (χ0v) is 16.8. The van der Waals surface area contributed by atoms with Crippen LogP contribution in [-0.2, 0) is 5.16 Å². The second-order valence-corrected chi connectivity index (χ2v) is 9.80. The van der Waals surface area contributed by atoms with Crippen molar-refractivity contribution in [3.05, 3.63) is 108 Å².